The number of amides is 1. The van der Waals surface area contributed by atoms with Crippen LogP contribution >= 0.6 is 0 Å². The highest BCUT2D eigenvalue weighted by Crippen LogP contribution is 2.02. The van der Waals surface area contributed by atoms with Crippen LogP contribution < -0.4 is 11.1 Å². The van der Waals surface area contributed by atoms with Crippen LogP contribution in [-0.4, -0.2) is 42.8 Å². The molecule has 0 aliphatic rings. The zero-order valence-electron chi connectivity index (χ0n) is 9.73. The summed E-state index contributed by atoms with van der Waals surface area (Å²) in [6.45, 7) is 2.05. The molecule has 0 fully saturated rings. The van der Waals surface area contributed by atoms with Gasteiger partial charge in [-0.15, -0.1) is 0 Å². The molecule has 16 heavy (non-hydrogen) atoms. The van der Waals surface area contributed by atoms with E-state index in [2.05, 4.69) is 5.32 Å². The van der Waals surface area contributed by atoms with Gasteiger partial charge in [0.15, 0.2) is 0 Å². The van der Waals surface area contributed by atoms with E-state index in [-0.39, 0.29) is 25.0 Å². The first-order valence-corrected chi connectivity index (χ1v) is 5.27. The van der Waals surface area contributed by atoms with Gasteiger partial charge in [0.05, 0.1) is 13.0 Å². The fraction of sp³-hybridized carbons (Fsp3) is 0.800. The second-order valence-electron chi connectivity index (χ2n) is 3.65. The summed E-state index contributed by atoms with van der Waals surface area (Å²) in [5, 5.41) is 11.3. The topological polar surface area (TPSA) is 102 Å². The quantitative estimate of drug-likeness (QED) is 0.534. The second-order valence-corrected chi connectivity index (χ2v) is 3.65. The third kappa shape index (κ3) is 6.36. The minimum atomic E-state index is -0.931. The number of carboxylic acids is 1. The Kier molecular flexibility index (Phi) is 7.49. The molecular weight excluding hydrogens is 212 g/mol. The Morgan fingerprint density at radius 1 is 1.50 bits per heavy atom. The molecular formula is C10H20N2O4. The predicted molar refractivity (Wildman–Crippen MR) is 58.9 cm³/mol. The average Bonchev–Trinajstić information content (AvgIpc) is 2.17. The molecule has 6 nitrogen and oxygen atoms in total. The Labute approximate surface area is 95.1 Å². The van der Waals surface area contributed by atoms with Gasteiger partial charge in [0.1, 0.15) is 6.04 Å². The lowest BCUT2D eigenvalue weighted by Gasteiger charge is -2.18. The van der Waals surface area contributed by atoms with E-state index in [4.69, 9.17) is 15.6 Å². The SMILES string of the molecule is CCCC(CC(=O)O)NC(=O)C(N)COC. The van der Waals surface area contributed by atoms with Gasteiger partial charge in [-0.1, -0.05) is 13.3 Å². The van der Waals surface area contributed by atoms with Gasteiger partial charge in [0, 0.05) is 13.2 Å². The Morgan fingerprint density at radius 2 is 2.12 bits per heavy atom. The van der Waals surface area contributed by atoms with Crippen molar-refractivity contribution in [1.29, 1.82) is 0 Å². The fourth-order valence-electron chi connectivity index (χ4n) is 1.35. The molecule has 0 aliphatic heterocycles. The Balaban J connectivity index is 4.16. The fourth-order valence-corrected chi connectivity index (χ4v) is 1.35. The van der Waals surface area contributed by atoms with Gasteiger partial charge in [0.2, 0.25) is 5.91 Å². The second kappa shape index (κ2) is 8.06. The summed E-state index contributed by atoms with van der Waals surface area (Å²) < 4.78 is 4.75. The monoisotopic (exact) mass is 232 g/mol. The van der Waals surface area contributed by atoms with Crippen molar-refractivity contribution in [1.82, 2.24) is 5.32 Å². The highest BCUT2D eigenvalue weighted by atomic mass is 16.5. The average molecular weight is 232 g/mol. The minimum Gasteiger partial charge on any atom is -0.481 e. The first kappa shape index (κ1) is 14.9. The van der Waals surface area contributed by atoms with Crippen molar-refractivity contribution in [2.24, 2.45) is 5.73 Å². The largest absolute Gasteiger partial charge is 0.481 e. The molecule has 6 heteroatoms. The Bertz CT molecular complexity index is 233. The Morgan fingerprint density at radius 3 is 2.56 bits per heavy atom. The van der Waals surface area contributed by atoms with Crippen molar-refractivity contribution >= 4 is 11.9 Å². The van der Waals surface area contributed by atoms with E-state index in [1.807, 2.05) is 6.92 Å². The summed E-state index contributed by atoms with van der Waals surface area (Å²) in [6, 6.07) is -1.11. The van der Waals surface area contributed by atoms with Crippen molar-refractivity contribution in [3.8, 4) is 0 Å². The summed E-state index contributed by atoms with van der Waals surface area (Å²) in [7, 11) is 1.45. The van der Waals surface area contributed by atoms with Crippen molar-refractivity contribution in [3.63, 3.8) is 0 Å². The van der Waals surface area contributed by atoms with Gasteiger partial charge >= 0.3 is 5.97 Å². The molecule has 0 saturated carbocycles. The van der Waals surface area contributed by atoms with Crippen LogP contribution in [-0.2, 0) is 14.3 Å². The van der Waals surface area contributed by atoms with Crippen molar-refractivity contribution < 1.29 is 19.4 Å². The van der Waals surface area contributed by atoms with E-state index in [0.29, 0.717) is 6.42 Å². The van der Waals surface area contributed by atoms with Crippen molar-refractivity contribution in [3.05, 3.63) is 0 Å². The lowest BCUT2D eigenvalue weighted by atomic mass is 10.1. The number of rotatable bonds is 8. The third-order valence-electron chi connectivity index (χ3n) is 2.09. The molecule has 0 aromatic heterocycles. The van der Waals surface area contributed by atoms with Gasteiger partial charge in [-0.25, -0.2) is 0 Å². The van der Waals surface area contributed by atoms with Crippen LogP contribution in [0.4, 0.5) is 0 Å². The number of nitrogens with two attached hydrogens (primary N) is 1. The number of aliphatic carboxylic acids is 1. The van der Waals surface area contributed by atoms with E-state index in [9.17, 15) is 9.59 Å². The molecule has 0 rings (SSSR count). The maximum Gasteiger partial charge on any atom is 0.305 e. The van der Waals surface area contributed by atoms with Gasteiger partial charge in [-0.05, 0) is 6.42 Å². The molecule has 2 atom stereocenters. The van der Waals surface area contributed by atoms with E-state index in [0.717, 1.165) is 6.42 Å². The molecule has 0 aromatic rings. The smallest absolute Gasteiger partial charge is 0.305 e. The van der Waals surface area contributed by atoms with E-state index < -0.39 is 12.0 Å². The molecule has 0 heterocycles. The van der Waals surface area contributed by atoms with Gasteiger partial charge in [0.25, 0.3) is 0 Å². The highest BCUT2D eigenvalue weighted by molar-refractivity contribution is 5.82. The van der Waals surface area contributed by atoms with E-state index in [1.165, 1.54) is 7.11 Å². The van der Waals surface area contributed by atoms with E-state index >= 15 is 0 Å². The van der Waals surface area contributed by atoms with Gasteiger partial charge in [-0.2, -0.15) is 0 Å². The summed E-state index contributed by atoms with van der Waals surface area (Å²) in [6.07, 6.45) is 1.34. The minimum absolute atomic E-state index is 0.0840. The van der Waals surface area contributed by atoms with Crippen LogP contribution in [0.25, 0.3) is 0 Å². The number of hydrogen-bond acceptors (Lipinski definition) is 4. The molecule has 0 aromatic carbocycles. The van der Waals surface area contributed by atoms with Crippen LogP contribution in [0.15, 0.2) is 0 Å². The van der Waals surface area contributed by atoms with Crippen LogP contribution in [0.3, 0.4) is 0 Å². The lowest BCUT2D eigenvalue weighted by Crippen LogP contribution is -2.48. The number of carboxylic acid groups (broad SMARTS) is 1. The first-order chi connectivity index (χ1) is 7.51. The van der Waals surface area contributed by atoms with Crippen molar-refractivity contribution in [2.75, 3.05) is 13.7 Å². The molecule has 0 bridgehead atoms. The molecule has 0 radical (unpaired) electrons. The summed E-state index contributed by atoms with van der Waals surface area (Å²) >= 11 is 0. The van der Waals surface area contributed by atoms with Crippen LogP contribution in [0.1, 0.15) is 26.2 Å². The van der Waals surface area contributed by atoms with Gasteiger partial charge in [-0.3, -0.25) is 9.59 Å². The number of hydrogen-bond donors (Lipinski definition) is 3. The van der Waals surface area contributed by atoms with E-state index in [1.54, 1.807) is 0 Å². The number of methoxy groups -OCH3 is 1. The molecule has 1 amide bonds. The molecule has 94 valence electrons. The van der Waals surface area contributed by atoms with Crippen LogP contribution in [0.2, 0.25) is 0 Å². The predicted octanol–water partition coefficient (Wildman–Crippen LogP) is -0.280. The molecule has 0 saturated heterocycles. The molecule has 4 N–H and O–H groups in total. The van der Waals surface area contributed by atoms with Gasteiger partial charge < -0.3 is 20.9 Å². The number of nitrogens with one attached hydrogen (secondary N) is 1. The molecule has 2 unspecified atom stereocenters. The Hall–Kier alpha value is -1.14. The summed E-state index contributed by atoms with van der Waals surface area (Å²) in [4.78, 5) is 22.0. The maximum atomic E-state index is 11.5. The van der Waals surface area contributed by atoms with Crippen LogP contribution in [0, 0.1) is 0 Å². The lowest BCUT2D eigenvalue weighted by molar-refractivity contribution is -0.137. The summed E-state index contributed by atoms with van der Waals surface area (Å²) in [5.74, 6) is -1.30. The first-order valence-electron chi connectivity index (χ1n) is 5.27. The maximum absolute atomic E-state index is 11.5. The van der Waals surface area contributed by atoms with Crippen molar-refractivity contribution in [2.45, 2.75) is 38.3 Å². The molecule has 0 aliphatic carbocycles. The number of ether oxygens (including phenoxy) is 1. The van der Waals surface area contributed by atoms with Crippen LogP contribution in [0.5, 0.6) is 0 Å². The molecule has 0 spiro atoms. The number of carbonyl (C=O) groups is 2. The highest BCUT2D eigenvalue weighted by Gasteiger charge is 2.19. The normalized spacial score (nSPS) is 14.2. The third-order valence-corrected chi connectivity index (χ3v) is 2.09. The summed E-state index contributed by atoms with van der Waals surface area (Å²) in [5.41, 5.74) is 5.52. The zero-order valence-corrected chi connectivity index (χ0v) is 9.73. The standard InChI is InChI=1S/C10H20N2O4/c1-3-4-7(5-9(13)14)12-10(15)8(11)6-16-2/h7-8H,3-6,11H2,1-2H3,(H,12,15)(H,13,14). The number of carbonyl (C=O) groups excluding carboxylic acids is 1. The zero-order chi connectivity index (χ0) is 12.6.